The molecule has 0 aromatic heterocycles. The third kappa shape index (κ3) is 7.66. The zero-order valence-corrected chi connectivity index (χ0v) is 44.6. The van der Waals surface area contributed by atoms with Gasteiger partial charge in [0.2, 0.25) is 0 Å². The molecule has 0 nitrogen and oxygen atoms in total. The summed E-state index contributed by atoms with van der Waals surface area (Å²) in [6.07, 6.45) is 0. The van der Waals surface area contributed by atoms with Gasteiger partial charge in [0.1, 0.15) is 9.70 Å². The van der Waals surface area contributed by atoms with Crippen LogP contribution >= 0.6 is 239 Å². The van der Waals surface area contributed by atoms with Crippen molar-refractivity contribution in [1.29, 1.82) is 0 Å². The Hall–Kier alpha value is 4.08. The minimum absolute atomic E-state index is 0.834. The predicted octanol–water partition coefficient (Wildman–Crippen LogP) is 17.8. The van der Waals surface area contributed by atoms with Crippen LogP contribution < -0.4 is 0 Å². The van der Waals surface area contributed by atoms with E-state index < -0.39 is 9.70 Å². The van der Waals surface area contributed by atoms with Crippen LogP contribution in [0.25, 0.3) is 0 Å². The van der Waals surface area contributed by atoms with Gasteiger partial charge in [-0.3, -0.25) is 0 Å². The first-order chi connectivity index (χ1) is 19.8. The van der Waals surface area contributed by atoms with Crippen molar-refractivity contribution in [2.45, 2.75) is 16.6 Å². The van der Waals surface area contributed by atoms with Gasteiger partial charge in [-0.05, 0) is 207 Å². The molecule has 0 unspecified atom stereocenters. The van der Waals surface area contributed by atoms with Gasteiger partial charge < -0.3 is 0 Å². The van der Waals surface area contributed by atoms with Crippen LogP contribution in [-0.2, 0) is 9.70 Å². The first kappa shape index (κ1) is 39.9. The molecule has 0 aliphatic rings. The summed E-state index contributed by atoms with van der Waals surface area (Å²) >= 11 is 58.5. The summed E-state index contributed by atoms with van der Waals surface area (Å²) in [5.41, 5.74) is 6.86. The molecule has 0 fully saturated rings. The normalized spacial score (nSPS) is 12.7. The zero-order chi connectivity index (χ0) is 32.4. The molecule has 0 aliphatic heterocycles. The van der Waals surface area contributed by atoms with Crippen LogP contribution in [0.1, 0.15) is 38.9 Å². The molecule has 4 aromatic rings. The van der Waals surface area contributed by atoms with Crippen molar-refractivity contribution in [3.05, 3.63) is 128 Å². The Morgan fingerprint density at radius 3 is 1.02 bits per heavy atom. The van der Waals surface area contributed by atoms with Gasteiger partial charge in [0.25, 0.3) is 0 Å². The first-order valence-corrected chi connectivity index (χ1v) is 23.4. The van der Waals surface area contributed by atoms with E-state index in [1.54, 1.807) is 0 Å². The van der Waals surface area contributed by atoms with Crippen LogP contribution in [0.15, 0.2) is 88.8 Å². The molecule has 0 aliphatic carbocycles. The monoisotopic (exact) mass is 1530 g/mol. The van der Waals surface area contributed by atoms with Gasteiger partial charge in [0.15, 0.2) is 0 Å². The number of hydrogen-bond donors (Lipinski definition) is 0. The van der Waals surface area contributed by atoms with Crippen LogP contribution in [0.2, 0.25) is 0 Å². The Bertz CT molecular complexity index is 1760. The van der Waals surface area contributed by atoms with Gasteiger partial charge in [0.05, 0.1) is 0 Å². The van der Waals surface area contributed by atoms with Gasteiger partial charge in [-0.1, -0.05) is 126 Å². The number of benzene rings is 4. The minimum atomic E-state index is -0.892. The van der Waals surface area contributed by atoms with Crippen molar-refractivity contribution < 1.29 is 0 Å². The summed E-state index contributed by atoms with van der Waals surface area (Å²) in [6.45, 7) is 2.11. The number of rotatable bonds is 6. The molecule has 228 valence electrons. The average Bonchev–Trinajstić information content (AvgIpc) is 2.92. The van der Waals surface area contributed by atoms with Crippen molar-refractivity contribution in [1.82, 2.24) is 0 Å². The predicted molar refractivity (Wildman–Crippen MR) is 236 cm³/mol. The molecule has 4 rings (SSSR count). The molecule has 0 radical (unpaired) electrons. The lowest BCUT2D eigenvalue weighted by molar-refractivity contribution is 0.940. The Kier molecular flexibility index (Phi) is 14.2. The molecule has 0 N–H and O–H groups in total. The van der Waals surface area contributed by atoms with Crippen molar-refractivity contribution in [2.75, 3.05) is 0 Å². The summed E-state index contributed by atoms with van der Waals surface area (Å²) in [7, 11) is 0. The van der Waals surface area contributed by atoms with E-state index in [-0.39, 0.29) is 0 Å². The smallest absolute Gasteiger partial charge is 0.0620 e. The highest BCUT2D eigenvalue weighted by atomic mass is 79.9. The van der Waals surface area contributed by atoms with E-state index in [2.05, 4.69) is 276 Å². The van der Waals surface area contributed by atoms with Crippen molar-refractivity contribution in [2.24, 2.45) is 0 Å². The SMILES string of the molecule is Cc1ccc(C(Br)(Br)c2ccc(Br)c(Br)c2Br)c(C(Br)(Br)c2ccc(Br)c(Br)c2Br)c1C(Br)(Br)c1ccc(Br)c(Br)c1Br. The van der Waals surface area contributed by atoms with Gasteiger partial charge in [0, 0.05) is 40.3 Å². The second-order valence-corrected chi connectivity index (χ2v) is 26.7. The Morgan fingerprint density at radius 2 is 0.651 bits per heavy atom. The number of alkyl halides is 6. The molecule has 0 saturated heterocycles. The van der Waals surface area contributed by atoms with Gasteiger partial charge in [-0.25, -0.2) is 0 Å². The van der Waals surface area contributed by atoms with Crippen LogP contribution in [0, 0.1) is 6.92 Å². The van der Waals surface area contributed by atoms with E-state index in [0.717, 1.165) is 79.2 Å². The average molecular weight is 1550 g/mol. The van der Waals surface area contributed by atoms with Crippen molar-refractivity contribution >= 4 is 239 Å². The summed E-state index contributed by atoms with van der Waals surface area (Å²) in [4.78, 5) is 0. The molecule has 0 bridgehead atoms. The van der Waals surface area contributed by atoms with Crippen LogP contribution in [0.4, 0.5) is 0 Å². The molecular formula is C28H11Br15. The second-order valence-electron chi connectivity index (χ2n) is 9.07. The van der Waals surface area contributed by atoms with Gasteiger partial charge in [-0.2, -0.15) is 0 Å². The molecular weight excluding hydrogens is 1530 g/mol. The van der Waals surface area contributed by atoms with Crippen LogP contribution in [0.5, 0.6) is 0 Å². The lowest BCUT2D eigenvalue weighted by Gasteiger charge is -2.38. The third-order valence-electron chi connectivity index (χ3n) is 6.50. The summed E-state index contributed by atoms with van der Waals surface area (Å²) < 4.78 is 5.65. The Balaban J connectivity index is 2.20. The maximum Gasteiger partial charge on any atom is 0.132 e. The highest BCUT2D eigenvalue weighted by Gasteiger charge is 2.46. The van der Waals surface area contributed by atoms with Gasteiger partial charge in [-0.15, -0.1) is 0 Å². The van der Waals surface area contributed by atoms with Crippen LogP contribution in [-0.4, -0.2) is 0 Å². The van der Waals surface area contributed by atoms with E-state index in [1.165, 1.54) is 0 Å². The lowest BCUT2D eigenvalue weighted by Crippen LogP contribution is -2.28. The maximum atomic E-state index is 4.17. The standard InChI is InChI=1S/C28H11Br15/c1-10-2-3-11(26(38,39)12-4-7-15(29)23(35)20(12)32)19(28(42,43)14-6-9-17(31)25(37)22(14)34)18(10)27(40,41)13-5-8-16(30)24(36)21(13)33/h2-9H,1H3. The summed E-state index contributed by atoms with van der Waals surface area (Å²) in [5.74, 6) is 0. The third-order valence-corrected chi connectivity index (χ3v) is 21.6. The molecule has 0 amide bonds. The highest BCUT2D eigenvalue weighted by molar-refractivity contribution is 9.26. The van der Waals surface area contributed by atoms with E-state index >= 15 is 0 Å². The zero-order valence-electron chi connectivity index (χ0n) is 20.8. The van der Waals surface area contributed by atoms with E-state index in [1.807, 2.05) is 18.2 Å². The van der Waals surface area contributed by atoms with E-state index in [9.17, 15) is 0 Å². The lowest BCUT2D eigenvalue weighted by atomic mass is 9.85. The molecule has 0 atom stereocenters. The molecule has 43 heavy (non-hydrogen) atoms. The van der Waals surface area contributed by atoms with Gasteiger partial charge >= 0.3 is 0 Å². The highest BCUT2D eigenvalue weighted by Crippen LogP contribution is 2.62. The molecule has 0 heterocycles. The molecule has 4 aromatic carbocycles. The number of hydrogen-bond acceptors (Lipinski definition) is 0. The molecule has 0 spiro atoms. The number of halogens is 15. The number of aryl methyl sites for hydroxylation is 1. The quantitative estimate of drug-likeness (QED) is 0.133. The fourth-order valence-corrected chi connectivity index (χ4v) is 15.3. The first-order valence-electron chi connectivity index (χ1n) is 11.5. The topological polar surface area (TPSA) is 0 Å². The minimum Gasteiger partial charge on any atom is -0.0620 e. The van der Waals surface area contributed by atoms with Crippen LogP contribution in [0.3, 0.4) is 0 Å². The van der Waals surface area contributed by atoms with Crippen molar-refractivity contribution in [3.8, 4) is 0 Å². The molecule has 15 heteroatoms. The second kappa shape index (κ2) is 15.4. The molecule has 0 saturated carbocycles. The fraction of sp³-hybridized carbons (Fsp3) is 0.143. The largest absolute Gasteiger partial charge is 0.132 e. The maximum absolute atomic E-state index is 4.17. The Morgan fingerprint density at radius 1 is 0.349 bits per heavy atom. The van der Waals surface area contributed by atoms with E-state index in [4.69, 9.17) is 0 Å². The summed E-state index contributed by atoms with van der Waals surface area (Å²) in [5, 5.41) is 0. The van der Waals surface area contributed by atoms with Crippen molar-refractivity contribution in [3.63, 3.8) is 0 Å². The fourth-order valence-electron chi connectivity index (χ4n) is 4.42. The summed E-state index contributed by atoms with van der Waals surface area (Å²) in [6, 6.07) is 16.6. The van der Waals surface area contributed by atoms with E-state index in [0.29, 0.717) is 0 Å². The Labute approximate surface area is 376 Å².